The van der Waals surface area contributed by atoms with E-state index in [2.05, 4.69) is 36.4 Å². The summed E-state index contributed by atoms with van der Waals surface area (Å²) in [5.74, 6) is -1.63. The van der Waals surface area contributed by atoms with Crippen molar-refractivity contribution in [3.63, 3.8) is 0 Å². The Kier molecular flexibility index (Phi) is 7.48. The number of rotatable bonds is 5. The molecule has 9 aromatic rings. The van der Waals surface area contributed by atoms with Crippen LogP contribution in [0.2, 0.25) is 0 Å². The van der Waals surface area contributed by atoms with E-state index in [0.717, 1.165) is 73.0 Å². The zero-order valence-corrected chi connectivity index (χ0v) is 30.2. The molecule has 10 nitrogen and oxygen atoms in total. The zero-order chi connectivity index (χ0) is 38.2. The average molecular weight is 755 g/mol. The summed E-state index contributed by atoms with van der Waals surface area (Å²) in [5.41, 5.74) is 5.38. The van der Waals surface area contributed by atoms with Crippen LogP contribution in [0.1, 0.15) is 18.7 Å². The van der Waals surface area contributed by atoms with Crippen molar-refractivity contribution in [3.05, 3.63) is 127 Å². The van der Waals surface area contributed by atoms with Gasteiger partial charge >= 0.3 is 0 Å². The smallest absolute Gasteiger partial charge is 0.168 e. The highest BCUT2D eigenvalue weighted by atomic mass is 32.1. The fourth-order valence-corrected chi connectivity index (χ4v) is 8.94. The van der Waals surface area contributed by atoms with Gasteiger partial charge in [0, 0.05) is 49.1 Å². The minimum atomic E-state index is -0.631. The summed E-state index contributed by atoms with van der Waals surface area (Å²) in [7, 11) is 0. The molecule has 0 spiro atoms. The van der Waals surface area contributed by atoms with Crippen LogP contribution in [-0.4, -0.2) is 50.2 Å². The van der Waals surface area contributed by atoms with E-state index in [1.165, 1.54) is 15.9 Å². The molecule has 0 atom stereocenters. The van der Waals surface area contributed by atoms with Crippen LogP contribution in [0.5, 0.6) is 34.5 Å². The Balaban J connectivity index is 1.18. The van der Waals surface area contributed by atoms with E-state index in [1.807, 2.05) is 66.7 Å². The van der Waals surface area contributed by atoms with Gasteiger partial charge in [-0.15, -0.1) is 11.3 Å². The summed E-state index contributed by atoms with van der Waals surface area (Å²) >= 11 is 1.52. The number of hydrogen-bond acceptors (Lipinski definition) is 10. The van der Waals surface area contributed by atoms with Crippen molar-refractivity contribution in [1.82, 2.24) is 19.5 Å². The summed E-state index contributed by atoms with van der Waals surface area (Å²) in [6, 6.07) is 32.0. The van der Waals surface area contributed by atoms with Crippen molar-refractivity contribution in [2.45, 2.75) is 12.8 Å². The molecular weight excluding hydrogens is 725 g/mol. The molecule has 11 heteroatoms. The van der Waals surface area contributed by atoms with Crippen LogP contribution in [0.15, 0.2) is 121 Å². The zero-order valence-electron chi connectivity index (χ0n) is 29.3. The van der Waals surface area contributed by atoms with Crippen LogP contribution < -0.4 is 0 Å². The molecule has 0 aliphatic heterocycles. The maximum Gasteiger partial charge on any atom is 0.168 e. The number of allylic oxidation sites excluding steroid dienone is 4. The van der Waals surface area contributed by atoms with Gasteiger partial charge in [0.25, 0.3) is 0 Å². The number of benzene rings is 6. The number of nitrogens with zero attached hydrogens (tertiary/aromatic N) is 4. The van der Waals surface area contributed by atoms with Gasteiger partial charge < -0.3 is 35.2 Å². The third-order valence-electron chi connectivity index (χ3n) is 10.3. The Morgan fingerprint density at radius 2 is 1.21 bits per heavy atom. The first kappa shape index (κ1) is 33.2. The minimum Gasteiger partial charge on any atom is -0.506 e. The summed E-state index contributed by atoms with van der Waals surface area (Å²) in [6.07, 6.45) is 7.92. The molecule has 1 aliphatic rings. The lowest BCUT2D eigenvalue weighted by atomic mass is 10.0. The average Bonchev–Trinajstić information content (AvgIpc) is 3.80. The normalized spacial score (nSPS) is 13.0. The van der Waals surface area contributed by atoms with Gasteiger partial charge in [-0.3, -0.25) is 0 Å². The van der Waals surface area contributed by atoms with Crippen LogP contribution >= 0.6 is 11.3 Å². The van der Waals surface area contributed by atoms with Gasteiger partial charge in [0.15, 0.2) is 40.5 Å². The molecule has 0 radical (unpaired) electrons. The largest absolute Gasteiger partial charge is 0.506 e. The molecule has 56 heavy (non-hydrogen) atoms. The summed E-state index contributed by atoms with van der Waals surface area (Å²) in [6.45, 7) is 0. The van der Waals surface area contributed by atoms with Crippen LogP contribution in [0.25, 0.3) is 87.1 Å². The van der Waals surface area contributed by atoms with Crippen molar-refractivity contribution < 1.29 is 30.6 Å². The fraction of sp³-hybridized carbons (Fsp3) is 0.0444. The Hall–Kier alpha value is -7.37. The molecule has 3 heterocycles. The second-order valence-electron chi connectivity index (χ2n) is 13.7. The first-order valence-corrected chi connectivity index (χ1v) is 18.7. The first-order chi connectivity index (χ1) is 27.2. The third kappa shape index (κ3) is 5.13. The number of aromatic hydroxyl groups is 6. The van der Waals surface area contributed by atoms with E-state index in [4.69, 9.17) is 15.0 Å². The van der Waals surface area contributed by atoms with E-state index in [1.54, 1.807) is 6.07 Å². The van der Waals surface area contributed by atoms with Gasteiger partial charge in [-0.2, -0.15) is 0 Å². The van der Waals surface area contributed by atoms with Crippen molar-refractivity contribution in [2.24, 2.45) is 0 Å². The SMILES string of the molecule is Oc1cc(O)c2c(c1O)c1c(O)c(O)cc(O)c1n2-c1ccc2c(c1)sc1c(-c3nc(C4=CC=CCC4)nc(-c4cccc(-c5ccccc5)c4)n3)cccc12. The molecule has 272 valence electrons. The van der Waals surface area contributed by atoms with Crippen LogP contribution in [0, 0.1) is 0 Å². The van der Waals surface area contributed by atoms with Crippen LogP contribution in [0.3, 0.4) is 0 Å². The lowest BCUT2D eigenvalue weighted by Crippen LogP contribution is -2.04. The maximum absolute atomic E-state index is 11.1. The van der Waals surface area contributed by atoms with E-state index >= 15 is 0 Å². The van der Waals surface area contributed by atoms with Crippen molar-refractivity contribution >= 4 is 58.9 Å². The quantitative estimate of drug-likeness (QED) is 0.0741. The predicted octanol–water partition coefficient (Wildman–Crippen LogP) is 10.3. The predicted molar refractivity (Wildman–Crippen MR) is 220 cm³/mol. The number of aromatic nitrogens is 4. The Morgan fingerprint density at radius 3 is 1.93 bits per heavy atom. The van der Waals surface area contributed by atoms with E-state index in [9.17, 15) is 30.6 Å². The lowest BCUT2D eigenvalue weighted by molar-refractivity contribution is 0.400. The maximum atomic E-state index is 11.1. The van der Waals surface area contributed by atoms with Gasteiger partial charge in [-0.05, 0) is 53.8 Å². The van der Waals surface area contributed by atoms with E-state index in [-0.39, 0.29) is 21.8 Å². The number of hydrogen-bond donors (Lipinski definition) is 6. The van der Waals surface area contributed by atoms with Gasteiger partial charge in [0.05, 0.1) is 10.8 Å². The standard InChI is InChI=1S/C45H30N4O6S/c50-31-21-33(52)40(54)36-37-39(32(51)22-34(53)41(37)55)49(38(31)36)27-17-18-28-29-15-8-16-30(42(29)56-35(28)20-27)45-47-43(24-11-5-2-6-12-24)46-44(48-45)26-14-7-13-25(19-26)23-9-3-1-4-10-23/h1-5,7-11,13-22,50-55H,6,12H2. The molecule has 0 fully saturated rings. The van der Waals surface area contributed by atoms with Gasteiger partial charge in [0.2, 0.25) is 0 Å². The molecule has 1 aliphatic carbocycles. The molecular formula is C45H30N4O6S. The summed E-state index contributed by atoms with van der Waals surface area (Å²) in [5, 5.41) is 66.5. The van der Waals surface area contributed by atoms with Gasteiger partial charge in [0.1, 0.15) is 22.5 Å². The molecule has 0 amide bonds. The lowest BCUT2D eigenvalue weighted by Gasteiger charge is -2.12. The van der Waals surface area contributed by atoms with Gasteiger partial charge in [-0.1, -0.05) is 85.0 Å². The molecule has 3 aromatic heterocycles. The minimum absolute atomic E-state index is 0.0149. The number of phenols is 6. The molecule has 0 saturated carbocycles. The molecule has 6 N–H and O–H groups in total. The highest BCUT2D eigenvalue weighted by molar-refractivity contribution is 7.26. The second-order valence-corrected chi connectivity index (χ2v) is 14.7. The monoisotopic (exact) mass is 754 g/mol. The summed E-state index contributed by atoms with van der Waals surface area (Å²) < 4.78 is 3.28. The Morgan fingerprint density at radius 1 is 0.554 bits per heavy atom. The third-order valence-corrected chi connectivity index (χ3v) is 11.5. The fourth-order valence-electron chi connectivity index (χ4n) is 7.69. The van der Waals surface area contributed by atoms with E-state index < -0.39 is 34.5 Å². The van der Waals surface area contributed by atoms with Crippen molar-refractivity contribution in [3.8, 4) is 74.1 Å². The molecule has 0 bridgehead atoms. The molecule has 0 saturated heterocycles. The first-order valence-electron chi connectivity index (χ1n) is 17.8. The molecule has 0 unspecified atom stereocenters. The number of phenolic OH excluding ortho intramolecular Hbond substituents is 6. The second kappa shape index (κ2) is 12.6. The van der Waals surface area contributed by atoms with Crippen molar-refractivity contribution in [1.29, 1.82) is 0 Å². The topological polar surface area (TPSA) is 165 Å². The highest BCUT2D eigenvalue weighted by Crippen LogP contribution is 2.53. The Bertz CT molecular complexity index is 3100. The van der Waals surface area contributed by atoms with E-state index in [0.29, 0.717) is 23.2 Å². The summed E-state index contributed by atoms with van der Waals surface area (Å²) in [4.78, 5) is 15.2. The molecule has 10 rings (SSSR count). The Labute approximate surface area is 322 Å². The van der Waals surface area contributed by atoms with Crippen molar-refractivity contribution in [2.75, 3.05) is 0 Å². The number of fused-ring (bicyclic) bond motifs is 6. The van der Waals surface area contributed by atoms with Crippen LogP contribution in [0.4, 0.5) is 0 Å². The van der Waals surface area contributed by atoms with Gasteiger partial charge in [-0.25, -0.2) is 15.0 Å². The molecule has 6 aromatic carbocycles. The van der Waals surface area contributed by atoms with Crippen LogP contribution in [-0.2, 0) is 0 Å². The number of thiophene rings is 1. The highest BCUT2D eigenvalue weighted by Gasteiger charge is 2.27.